The first-order valence-corrected chi connectivity index (χ1v) is 0.289. The van der Waals surface area contributed by atoms with E-state index in [1.54, 1.807) is 0 Å². The number of terminal acetylenes is 1. The molecule has 0 aromatic heterocycles. The minimum atomic E-state index is 0. The maximum absolute atomic E-state index is 5.25. The third-order valence-electron chi connectivity index (χ3n) is 0. The van der Waals surface area contributed by atoms with E-state index in [2.05, 4.69) is 6.42 Å². The van der Waals surface area contributed by atoms with Crippen LogP contribution in [0, 0.1) is 12.8 Å². The van der Waals surface area contributed by atoms with Crippen LogP contribution in [0.3, 0.4) is 0 Å². The average Bonchev–Trinajstić information content (AvgIpc) is 1.00. The molecule has 0 saturated heterocycles. The van der Waals surface area contributed by atoms with Gasteiger partial charge in [0.1, 0.15) is 0 Å². The largest absolute Gasteiger partial charge is 0.106 e. The molecule has 0 aliphatic rings. The molecule has 5 radical (unpaired) electrons. The summed E-state index contributed by atoms with van der Waals surface area (Å²) in [5, 5.41) is 0. The van der Waals surface area contributed by atoms with Gasteiger partial charge in [0.15, 0.2) is 0 Å². The first-order valence-electron chi connectivity index (χ1n) is 0.289. The molecular weight excluding hydrogens is 179 g/mol. The Balaban J connectivity index is -0.000000000833. The van der Waals surface area contributed by atoms with Gasteiger partial charge < -0.3 is 0 Å². The normalized spacial score (nSPS) is 0.333. The van der Waals surface area contributed by atoms with E-state index in [0.717, 1.165) is 0 Å². The van der Waals surface area contributed by atoms with E-state index < -0.39 is 0 Å². The average molecular weight is 192 g/mol. The molecule has 0 heterocycles. The molecule has 6 heavy (non-hydrogen) atoms. The predicted octanol–water partition coefficient (Wildman–Crippen LogP) is 1.73. The predicted molar refractivity (Wildman–Crippen MR) is 34.1 cm³/mol. The monoisotopic (exact) mass is 193 g/mol. The summed E-state index contributed by atoms with van der Waals surface area (Å²) in [5.74, 6) is 0. The van der Waals surface area contributed by atoms with E-state index in [4.69, 9.17) is 6.42 Å². The van der Waals surface area contributed by atoms with Gasteiger partial charge in [0.05, 0.1) is 0 Å². The Bertz CT molecular complexity index is 8.66. The summed E-state index contributed by atoms with van der Waals surface area (Å²) >= 11 is 0. The Labute approximate surface area is 59.3 Å². The van der Waals surface area contributed by atoms with E-state index in [1.807, 2.05) is 0 Å². The smallest absolute Gasteiger partial charge is 0 e. The van der Waals surface area contributed by atoms with Crippen LogP contribution in [0.2, 0.25) is 0 Å². The molecule has 0 N–H and O–H groups in total. The SMILES string of the molecule is C.C.C.[C]#C.[Sn]. The molecule has 0 spiro atoms. The number of hydrogen-bond donors (Lipinski definition) is 0. The van der Waals surface area contributed by atoms with Gasteiger partial charge in [-0.3, -0.25) is 0 Å². The zero-order chi connectivity index (χ0) is 2.00. The van der Waals surface area contributed by atoms with Crippen LogP contribution in [0.25, 0.3) is 0 Å². The van der Waals surface area contributed by atoms with Crippen molar-refractivity contribution in [2.75, 3.05) is 0 Å². The standard InChI is InChI=1S/C2H.3CH4.Sn/c1-2;;;;/h1H;3*1H4;. The van der Waals surface area contributed by atoms with Gasteiger partial charge in [0, 0.05) is 23.9 Å². The zero-order valence-corrected chi connectivity index (χ0v) is 4.43. The van der Waals surface area contributed by atoms with Gasteiger partial charge in [-0.1, -0.05) is 22.3 Å². The first-order chi connectivity index (χ1) is 1.00. The zero-order valence-electron chi connectivity index (χ0n) is 1.58. The molecule has 0 amide bonds. The van der Waals surface area contributed by atoms with E-state index >= 15 is 0 Å². The summed E-state index contributed by atoms with van der Waals surface area (Å²) in [6, 6.07) is 0. The van der Waals surface area contributed by atoms with Crippen LogP contribution in [0.15, 0.2) is 0 Å². The molecule has 0 aromatic rings. The van der Waals surface area contributed by atoms with Crippen molar-refractivity contribution < 1.29 is 0 Å². The fourth-order valence-electron chi connectivity index (χ4n) is 0. The van der Waals surface area contributed by atoms with Crippen molar-refractivity contribution in [1.82, 2.24) is 0 Å². The minimum Gasteiger partial charge on any atom is -0.106 e. The molecule has 1 heteroatoms. The maximum Gasteiger partial charge on any atom is 0 e. The first kappa shape index (κ1) is 98.9. The van der Waals surface area contributed by atoms with Crippen molar-refractivity contribution in [2.45, 2.75) is 22.3 Å². The van der Waals surface area contributed by atoms with Crippen molar-refractivity contribution >= 4 is 23.9 Å². The molecular formula is C5H13Sn. The second-order valence-electron chi connectivity index (χ2n) is 0. The van der Waals surface area contributed by atoms with Crippen LogP contribution in [0.5, 0.6) is 0 Å². The number of hydrogen-bond acceptors (Lipinski definition) is 0. The van der Waals surface area contributed by atoms with E-state index in [0.29, 0.717) is 0 Å². The molecule has 0 fully saturated rings. The Morgan fingerprint density at radius 2 is 0.833 bits per heavy atom. The summed E-state index contributed by atoms with van der Waals surface area (Å²) in [6.07, 6.45) is 9.00. The van der Waals surface area contributed by atoms with E-state index in [1.165, 1.54) is 0 Å². The van der Waals surface area contributed by atoms with Crippen molar-refractivity contribution in [2.24, 2.45) is 0 Å². The Kier molecular flexibility index (Phi) is 13000. The van der Waals surface area contributed by atoms with Gasteiger partial charge in [-0.15, -0.1) is 6.42 Å². The van der Waals surface area contributed by atoms with Crippen molar-refractivity contribution in [1.29, 1.82) is 0 Å². The molecule has 0 unspecified atom stereocenters. The minimum absolute atomic E-state index is 0. The molecule has 0 bridgehead atoms. The molecule has 0 rings (SSSR count). The van der Waals surface area contributed by atoms with Gasteiger partial charge in [0.2, 0.25) is 0 Å². The number of rotatable bonds is 0. The van der Waals surface area contributed by atoms with Crippen LogP contribution >= 0.6 is 0 Å². The molecule has 37 valence electrons. The molecule has 0 atom stereocenters. The second-order valence-corrected chi connectivity index (χ2v) is 0. The summed E-state index contributed by atoms with van der Waals surface area (Å²) in [6.45, 7) is 0. The third kappa shape index (κ3) is 382. The van der Waals surface area contributed by atoms with Crippen molar-refractivity contribution in [3.63, 3.8) is 0 Å². The molecule has 0 aliphatic heterocycles. The topological polar surface area (TPSA) is 0 Å². The van der Waals surface area contributed by atoms with Crippen molar-refractivity contribution in [3.05, 3.63) is 6.42 Å². The Hall–Kier alpha value is 0.359. The van der Waals surface area contributed by atoms with E-state index in [-0.39, 0.29) is 46.2 Å². The molecule has 0 aromatic carbocycles. The van der Waals surface area contributed by atoms with Gasteiger partial charge >= 0.3 is 0 Å². The van der Waals surface area contributed by atoms with Crippen LogP contribution < -0.4 is 0 Å². The van der Waals surface area contributed by atoms with Crippen molar-refractivity contribution in [3.8, 4) is 6.42 Å². The van der Waals surface area contributed by atoms with Gasteiger partial charge in [-0.25, -0.2) is 0 Å². The molecule has 0 saturated carbocycles. The van der Waals surface area contributed by atoms with Crippen LogP contribution in [0.1, 0.15) is 22.3 Å². The summed E-state index contributed by atoms with van der Waals surface area (Å²) in [7, 11) is 0. The van der Waals surface area contributed by atoms with Crippen LogP contribution in [-0.4, -0.2) is 23.9 Å². The fourth-order valence-corrected chi connectivity index (χ4v) is 0. The van der Waals surface area contributed by atoms with Crippen LogP contribution in [-0.2, 0) is 0 Å². The molecule has 0 nitrogen and oxygen atoms in total. The summed E-state index contributed by atoms with van der Waals surface area (Å²) in [5.41, 5.74) is 0. The summed E-state index contributed by atoms with van der Waals surface area (Å²) < 4.78 is 0. The maximum atomic E-state index is 5.25. The van der Waals surface area contributed by atoms with E-state index in [9.17, 15) is 0 Å². The fraction of sp³-hybridized carbons (Fsp3) is 0.600. The Morgan fingerprint density at radius 3 is 0.833 bits per heavy atom. The Morgan fingerprint density at radius 1 is 0.833 bits per heavy atom. The van der Waals surface area contributed by atoms with Gasteiger partial charge in [-0.05, 0) is 6.42 Å². The van der Waals surface area contributed by atoms with Gasteiger partial charge in [0.25, 0.3) is 0 Å². The third-order valence-corrected chi connectivity index (χ3v) is 0. The van der Waals surface area contributed by atoms with Gasteiger partial charge in [-0.2, -0.15) is 0 Å². The summed E-state index contributed by atoms with van der Waals surface area (Å²) in [4.78, 5) is 0. The van der Waals surface area contributed by atoms with Crippen LogP contribution in [0.4, 0.5) is 0 Å². The molecule has 0 aliphatic carbocycles. The second kappa shape index (κ2) is 791. The quantitative estimate of drug-likeness (QED) is 0.404.